The van der Waals surface area contributed by atoms with Crippen molar-refractivity contribution >= 4 is 33.2 Å². The first-order valence-corrected chi connectivity index (χ1v) is 18.6. The van der Waals surface area contributed by atoms with Crippen molar-refractivity contribution in [3.63, 3.8) is 0 Å². The number of nitrogens with zero attached hydrogens (tertiary/aromatic N) is 10. The highest BCUT2D eigenvalue weighted by Gasteiger charge is 2.31. The van der Waals surface area contributed by atoms with Crippen molar-refractivity contribution < 1.29 is 22.2 Å². The van der Waals surface area contributed by atoms with Gasteiger partial charge in [-0.15, -0.1) is 0 Å². The zero-order chi connectivity index (χ0) is 41.4. The fraction of sp³-hybridized carbons (Fsp3) is 0.170. The van der Waals surface area contributed by atoms with Gasteiger partial charge in [0.05, 0.1) is 46.8 Å². The molecule has 10 rings (SSSR count). The number of rotatable bonds is 4. The molecule has 0 radical (unpaired) electrons. The van der Waals surface area contributed by atoms with Crippen molar-refractivity contribution in [1.82, 2.24) is 49.1 Å². The van der Waals surface area contributed by atoms with E-state index in [2.05, 4.69) is 59.1 Å². The lowest BCUT2D eigenvalue weighted by molar-refractivity contribution is -0.137. The summed E-state index contributed by atoms with van der Waals surface area (Å²) in [5.74, 6) is 12.6. The number of fused-ring (bicyclic) bond motifs is 4. The molecule has 0 aliphatic rings. The van der Waals surface area contributed by atoms with Crippen LogP contribution in [0, 0.1) is 44.5 Å². The lowest BCUT2D eigenvalue weighted by atomic mass is 9.99. The molecule has 7 aromatic heterocycles. The summed E-state index contributed by atoms with van der Waals surface area (Å²) in [6.07, 6.45) is 7.29. The summed E-state index contributed by atoms with van der Waals surface area (Å²) < 4.78 is 57.2. The largest absolute Gasteiger partial charge is 0.416 e. The highest BCUT2D eigenvalue weighted by atomic mass is 19.4. The highest BCUT2D eigenvalue weighted by molar-refractivity contribution is 5.87. The Kier molecular flexibility index (Phi) is 11.7. The lowest BCUT2D eigenvalue weighted by Gasteiger charge is -2.12. The van der Waals surface area contributed by atoms with E-state index in [4.69, 9.17) is 9.05 Å². The number of hydrogen-bond acceptors (Lipinski definition) is 9. The van der Waals surface area contributed by atoms with E-state index < -0.39 is 11.7 Å². The molecule has 0 spiro atoms. The van der Waals surface area contributed by atoms with E-state index in [1.165, 1.54) is 0 Å². The van der Waals surface area contributed by atoms with Gasteiger partial charge in [-0.2, -0.15) is 23.4 Å². The van der Waals surface area contributed by atoms with E-state index >= 15 is 0 Å². The van der Waals surface area contributed by atoms with Gasteiger partial charge in [-0.3, -0.25) is 0 Å². The van der Waals surface area contributed by atoms with Crippen molar-refractivity contribution in [3.05, 3.63) is 172 Å². The Labute approximate surface area is 354 Å². The first-order valence-electron chi connectivity index (χ1n) is 18.6. The monoisotopic (exact) mass is 832 g/mol. The van der Waals surface area contributed by atoms with Crippen LogP contribution in [0.1, 0.15) is 76.6 Å². The second kappa shape index (κ2) is 17.3. The third kappa shape index (κ3) is 8.37. The maximum Gasteiger partial charge on any atom is 0.416 e. The van der Waals surface area contributed by atoms with Gasteiger partial charge in [0.2, 0.25) is 0 Å². The van der Waals surface area contributed by atoms with Gasteiger partial charge in [-0.1, -0.05) is 55.2 Å². The summed E-state index contributed by atoms with van der Waals surface area (Å²) in [6.45, 7) is 6.11. The maximum atomic E-state index is 13.7. The Morgan fingerprint density at radius 1 is 0.661 bits per heavy atom. The molecule has 0 amide bonds. The minimum Gasteiger partial charge on any atom is -0.355 e. The molecule has 0 aliphatic carbocycles. The minimum atomic E-state index is -4.47. The van der Waals surface area contributed by atoms with Crippen LogP contribution in [0.4, 0.5) is 13.2 Å². The zero-order valence-corrected chi connectivity index (χ0v) is 32.2. The van der Waals surface area contributed by atoms with E-state index in [1.54, 1.807) is 69.2 Å². The molecule has 310 valence electrons. The molecule has 0 atom stereocenters. The third-order valence-corrected chi connectivity index (χ3v) is 9.82. The second-order valence-electron chi connectivity index (χ2n) is 14.0. The predicted molar refractivity (Wildman–Crippen MR) is 229 cm³/mol. The average Bonchev–Trinajstić information content (AvgIpc) is 4.10. The van der Waals surface area contributed by atoms with Crippen LogP contribution in [0.5, 0.6) is 0 Å². The van der Waals surface area contributed by atoms with Gasteiger partial charge in [0.25, 0.3) is 0 Å². The smallest absolute Gasteiger partial charge is 0.355 e. The SMILES string of the molecule is C.C.Cc1ccc2c(C)noc2c1C#Cc1cnc2cccnn12.Cc1ccc2c(Cc3cc(Cn4ccnc4)cc(C(F)(F)F)c3)noc2c1C#Cc1cnc2cccnn12. The molecule has 0 saturated carbocycles. The molecule has 0 bridgehead atoms. The summed E-state index contributed by atoms with van der Waals surface area (Å²) in [4.78, 5) is 12.5. The molecule has 62 heavy (non-hydrogen) atoms. The van der Waals surface area contributed by atoms with Gasteiger partial charge in [0.1, 0.15) is 11.4 Å². The summed E-state index contributed by atoms with van der Waals surface area (Å²) in [7, 11) is 0. The van der Waals surface area contributed by atoms with Gasteiger partial charge in [0.15, 0.2) is 22.5 Å². The highest BCUT2D eigenvalue weighted by Crippen LogP contribution is 2.33. The van der Waals surface area contributed by atoms with Crippen molar-refractivity contribution in [3.8, 4) is 23.7 Å². The quantitative estimate of drug-likeness (QED) is 0.159. The van der Waals surface area contributed by atoms with Crippen LogP contribution in [0.25, 0.3) is 33.2 Å². The molecule has 0 aliphatic heterocycles. The van der Waals surface area contributed by atoms with Gasteiger partial charge in [-0.25, -0.2) is 24.0 Å². The molecule has 0 N–H and O–H groups in total. The number of hydrogen-bond donors (Lipinski definition) is 0. The first kappa shape index (κ1) is 42.1. The summed E-state index contributed by atoms with van der Waals surface area (Å²) in [5, 5.41) is 18.5. The Bertz CT molecular complexity index is 3330. The van der Waals surface area contributed by atoms with Crippen molar-refractivity contribution in [2.45, 2.75) is 54.8 Å². The lowest BCUT2D eigenvalue weighted by Crippen LogP contribution is -2.08. The molecule has 12 nitrogen and oxygen atoms in total. The van der Waals surface area contributed by atoms with Gasteiger partial charge in [0, 0.05) is 48.5 Å². The van der Waals surface area contributed by atoms with E-state index in [0.29, 0.717) is 44.7 Å². The van der Waals surface area contributed by atoms with Crippen LogP contribution in [0.3, 0.4) is 0 Å². The number of halogens is 3. The Morgan fingerprint density at radius 2 is 1.24 bits per heavy atom. The number of imidazole rings is 3. The molecule has 10 aromatic rings. The molecule has 0 fully saturated rings. The van der Waals surface area contributed by atoms with Gasteiger partial charge in [-0.05, 0) is 103 Å². The van der Waals surface area contributed by atoms with Crippen LogP contribution in [0.15, 0.2) is 119 Å². The van der Waals surface area contributed by atoms with Crippen LogP contribution in [-0.4, -0.2) is 49.1 Å². The van der Waals surface area contributed by atoms with Gasteiger partial charge < -0.3 is 13.6 Å². The molecule has 3 aromatic carbocycles. The van der Waals surface area contributed by atoms with Gasteiger partial charge >= 0.3 is 6.18 Å². The second-order valence-corrected chi connectivity index (χ2v) is 14.0. The standard InChI is InChI=1S/C28H19F3N6O.C17H12N4O.2CH4/c1-18-4-6-24-25(14-19-11-20(16-36-10-9-32-17-36)13-21(12-19)28(29,30)31)35-38-27(24)23(18)7-5-22-15-33-26-3-2-8-34-37(22)26;1-11-5-7-15-12(2)20-22-17(15)14(11)8-6-13-10-18-16-4-3-9-19-21(13)16;;/h2-4,6,8-13,15,17H,14,16H2,1H3;3-5,7,9-10H,1-2H3;2*1H4. The fourth-order valence-corrected chi connectivity index (χ4v) is 6.80. The number of benzene rings is 3. The normalized spacial score (nSPS) is 11.0. The van der Waals surface area contributed by atoms with Crippen LogP contribution < -0.4 is 0 Å². The Balaban J connectivity index is 0.000000205. The number of aromatic nitrogens is 10. The first-order chi connectivity index (χ1) is 29.1. The molecule has 0 saturated heterocycles. The maximum absolute atomic E-state index is 13.7. The molecule has 15 heteroatoms. The summed E-state index contributed by atoms with van der Waals surface area (Å²) >= 11 is 0. The van der Waals surface area contributed by atoms with E-state index in [0.717, 1.165) is 56.8 Å². The van der Waals surface area contributed by atoms with Crippen LogP contribution in [0.2, 0.25) is 0 Å². The number of alkyl halides is 3. The minimum absolute atomic E-state index is 0. The molecular formula is C47H39F3N10O2. The average molecular weight is 833 g/mol. The topological polar surface area (TPSA) is 130 Å². The number of aryl methyl sites for hydroxylation is 3. The third-order valence-electron chi connectivity index (χ3n) is 9.82. The van der Waals surface area contributed by atoms with E-state index in [9.17, 15) is 13.2 Å². The van der Waals surface area contributed by atoms with Crippen LogP contribution in [-0.2, 0) is 19.1 Å². The summed E-state index contributed by atoms with van der Waals surface area (Å²) in [5.41, 5.74) is 9.17. The van der Waals surface area contributed by atoms with E-state index in [1.807, 2.05) is 63.2 Å². The molecular weight excluding hydrogens is 794 g/mol. The molecule has 0 unspecified atom stereocenters. The van der Waals surface area contributed by atoms with Crippen molar-refractivity contribution in [2.24, 2.45) is 0 Å². The van der Waals surface area contributed by atoms with Crippen molar-refractivity contribution in [1.29, 1.82) is 0 Å². The molecule has 7 heterocycles. The van der Waals surface area contributed by atoms with Crippen LogP contribution >= 0.6 is 0 Å². The van der Waals surface area contributed by atoms with Crippen molar-refractivity contribution in [2.75, 3.05) is 0 Å². The van der Waals surface area contributed by atoms with E-state index in [-0.39, 0.29) is 27.8 Å². The predicted octanol–water partition coefficient (Wildman–Crippen LogP) is 9.59. The Morgan fingerprint density at radius 3 is 1.84 bits per heavy atom. The Hall–Kier alpha value is -8.04. The zero-order valence-electron chi connectivity index (χ0n) is 32.2. The fourth-order valence-electron chi connectivity index (χ4n) is 6.80. The summed E-state index contributed by atoms with van der Waals surface area (Å²) in [6, 6.07) is 19.2.